The van der Waals surface area contributed by atoms with E-state index >= 15 is 0 Å². The van der Waals surface area contributed by atoms with Crippen molar-refractivity contribution in [2.45, 2.75) is 90.4 Å². The molecule has 1 aliphatic rings. The first-order valence-electron chi connectivity index (χ1n) is 21.9. The number of nitrogens with zero attached hydrogens (tertiary/aromatic N) is 4. The van der Waals surface area contributed by atoms with Crippen molar-refractivity contribution in [2.75, 3.05) is 42.5 Å². The standard InChI is InChI=1S/C49H57N5O9/c1-4-5-6-7-8-9-10-11-12-13-14-19-32-62-43-23-18-17-22-41(43)50-48(57)40-34-45(38-20-15-16-21-39(38)47(40)56)63-44-29-26-36(54(59)60)33-42(44)51(2)49(58)53-46(55)30-31-52(53)35-24-27-37(61-3)28-25-35/h15-18,20-29,33-34,56H,4-14,19,30-32H2,1-3H3,(H,50,57). The van der Waals surface area contributed by atoms with E-state index in [4.69, 9.17) is 14.2 Å². The third-order valence-electron chi connectivity index (χ3n) is 11.2. The van der Waals surface area contributed by atoms with E-state index in [0.717, 1.165) is 29.2 Å². The molecule has 1 saturated heterocycles. The maximum Gasteiger partial charge on any atom is 0.350 e. The van der Waals surface area contributed by atoms with Gasteiger partial charge in [-0.05, 0) is 55.0 Å². The summed E-state index contributed by atoms with van der Waals surface area (Å²) in [7, 11) is 2.92. The number of anilines is 3. The quantitative estimate of drug-likeness (QED) is 0.0389. The predicted octanol–water partition coefficient (Wildman–Crippen LogP) is 11.8. The highest BCUT2D eigenvalue weighted by Gasteiger charge is 2.38. The minimum atomic E-state index is -0.783. The lowest BCUT2D eigenvalue weighted by Gasteiger charge is -2.31. The SMILES string of the molecule is CCCCCCCCCCCCCCOc1ccccc1NC(=O)c1cc(Oc2ccc([N+](=O)[O-])cc2N(C)C(=O)N2C(=O)CCN2c2ccc(OC)cc2)c2ccccc2c1O. The maximum absolute atomic E-state index is 14.2. The van der Waals surface area contributed by atoms with Gasteiger partial charge >= 0.3 is 6.03 Å². The molecule has 0 spiro atoms. The van der Waals surface area contributed by atoms with Crippen LogP contribution in [0.3, 0.4) is 0 Å². The number of carbonyl (C=O) groups excluding carboxylic acids is 3. The number of nitrogens with one attached hydrogen (secondary N) is 1. The minimum Gasteiger partial charge on any atom is -0.506 e. The zero-order valence-electron chi connectivity index (χ0n) is 36.3. The highest BCUT2D eigenvalue weighted by Crippen LogP contribution is 2.42. The fourth-order valence-electron chi connectivity index (χ4n) is 7.68. The van der Waals surface area contributed by atoms with Gasteiger partial charge in [0.25, 0.3) is 17.5 Å². The van der Waals surface area contributed by atoms with Crippen LogP contribution in [0.4, 0.5) is 27.5 Å². The Kier molecular flexibility index (Phi) is 16.2. The van der Waals surface area contributed by atoms with Crippen LogP contribution in [0.25, 0.3) is 10.8 Å². The van der Waals surface area contributed by atoms with Gasteiger partial charge in [0.05, 0.1) is 41.3 Å². The number of phenols is 1. The summed E-state index contributed by atoms with van der Waals surface area (Å²) in [5, 5.41) is 29.6. The van der Waals surface area contributed by atoms with Gasteiger partial charge in [0.2, 0.25) is 0 Å². The second-order valence-corrected chi connectivity index (χ2v) is 15.6. The highest BCUT2D eigenvalue weighted by atomic mass is 16.6. The van der Waals surface area contributed by atoms with Crippen LogP contribution in [0.15, 0.2) is 97.1 Å². The molecule has 4 amide bonds. The van der Waals surface area contributed by atoms with Crippen LogP contribution in [-0.2, 0) is 4.79 Å². The van der Waals surface area contributed by atoms with Crippen LogP contribution >= 0.6 is 0 Å². The van der Waals surface area contributed by atoms with Gasteiger partial charge in [-0.3, -0.25) is 29.6 Å². The number of aromatic hydroxyl groups is 1. The molecule has 332 valence electrons. The molecule has 0 aliphatic carbocycles. The number of carbonyl (C=O) groups is 3. The minimum absolute atomic E-state index is 0.0119. The average molecular weight is 860 g/mol. The molecule has 0 bridgehead atoms. The second kappa shape index (κ2) is 22.3. The van der Waals surface area contributed by atoms with Crippen LogP contribution in [-0.4, -0.2) is 60.2 Å². The van der Waals surface area contributed by atoms with E-state index in [2.05, 4.69) is 12.2 Å². The number of benzene rings is 5. The van der Waals surface area contributed by atoms with Crippen LogP contribution in [0.2, 0.25) is 0 Å². The number of urea groups is 1. The Morgan fingerprint density at radius 1 is 0.794 bits per heavy atom. The number of hydrogen-bond donors (Lipinski definition) is 2. The van der Waals surface area contributed by atoms with E-state index in [1.54, 1.807) is 66.7 Å². The number of para-hydroxylation sites is 2. The molecule has 1 aliphatic heterocycles. The molecule has 6 rings (SSSR count). The molecule has 1 heterocycles. The summed E-state index contributed by atoms with van der Waals surface area (Å²) in [4.78, 5) is 53.9. The number of phenolic OH excluding ortho intramolecular Hbond substituents is 1. The molecule has 1 fully saturated rings. The number of fused-ring (bicyclic) bond motifs is 1. The summed E-state index contributed by atoms with van der Waals surface area (Å²) in [6.07, 6.45) is 14.9. The lowest BCUT2D eigenvalue weighted by molar-refractivity contribution is -0.384. The molecular weight excluding hydrogens is 803 g/mol. The van der Waals surface area contributed by atoms with Crippen molar-refractivity contribution in [1.29, 1.82) is 0 Å². The fourth-order valence-corrected chi connectivity index (χ4v) is 7.68. The molecule has 5 aromatic carbocycles. The molecular formula is C49H57N5O9. The van der Waals surface area contributed by atoms with Gasteiger partial charge in [-0.15, -0.1) is 0 Å². The molecule has 14 heteroatoms. The summed E-state index contributed by atoms with van der Waals surface area (Å²) in [5.74, 6) is -0.155. The van der Waals surface area contributed by atoms with Gasteiger partial charge in [-0.2, -0.15) is 5.01 Å². The number of rotatable bonds is 22. The van der Waals surface area contributed by atoms with E-state index in [1.165, 1.54) is 101 Å². The Labute approximate surface area is 368 Å². The van der Waals surface area contributed by atoms with E-state index in [0.29, 0.717) is 40.3 Å². The van der Waals surface area contributed by atoms with Gasteiger partial charge in [-0.25, -0.2) is 4.79 Å². The van der Waals surface area contributed by atoms with Crippen LogP contribution in [0, 0.1) is 10.1 Å². The zero-order valence-corrected chi connectivity index (χ0v) is 36.3. The molecule has 63 heavy (non-hydrogen) atoms. The zero-order chi connectivity index (χ0) is 44.7. The highest BCUT2D eigenvalue weighted by molar-refractivity contribution is 6.12. The molecule has 2 N–H and O–H groups in total. The van der Waals surface area contributed by atoms with Gasteiger partial charge in [-0.1, -0.05) is 114 Å². The number of amides is 4. The van der Waals surface area contributed by atoms with Crippen molar-refractivity contribution in [3.8, 4) is 28.7 Å². The Bertz CT molecular complexity index is 2370. The van der Waals surface area contributed by atoms with Crippen molar-refractivity contribution >= 4 is 51.4 Å². The van der Waals surface area contributed by atoms with E-state index in [-0.39, 0.29) is 47.2 Å². The van der Waals surface area contributed by atoms with Crippen molar-refractivity contribution in [2.24, 2.45) is 0 Å². The molecule has 0 unspecified atom stereocenters. The average Bonchev–Trinajstić information content (AvgIpc) is 3.69. The number of methoxy groups -OCH3 is 1. The molecule has 0 radical (unpaired) electrons. The number of imide groups is 1. The Morgan fingerprint density at radius 3 is 2.10 bits per heavy atom. The maximum atomic E-state index is 14.2. The topological polar surface area (TPSA) is 164 Å². The van der Waals surface area contributed by atoms with Crippen molar-refractivity contribution < 1.29 is 38.6 Å². The van der Waals surface area contributed by atoms with Crippen LogP contribution in [0.5, 0.6) is 28.7 Å². The summed E-state index contributed by atoms with van der Waals surface area (Å²) in [5.41, 5.74) is 0.534. The number of hydrogen-bond acceptors (Lipinski definition) is 10. The Hall–Kier alpha value is -6.83. The van der Waals surface area contributed by atoms with Crippen molar-refractivity contribution in [3.63, 3.8) is 0 Å². The predicted molar refractivity (Wildman–Crippen MR) is 245 cm³/mol. The van der Waals surface area contributed by atoms with Crippen molar-refractivity contribution in [1.82, 2.24) is 5.01 Å². The summed E-state index contributed by atoms with van der Waals surface area (Å²) in [6, 6.07) is 25.1. The monoisotopic (exact) mass is 859 g/mol. The van der Waals surface area contributed by atoms with E-state index in [9.17, 15) is 29.6 Å². The Balaban J connectivity index is 1.17. The molecule has 0 atom stereocenters. The second-order valence-electron chi connectivity index (χ2n) is 15.6. The first kappa shape index (κ1) is 45.7. The number of nitro benzene ring substituents is 1. The lowest BCUT2D eigenvalue weighted by Crippen LogP contribution is -2.49. The van der Waals surface area contributed by atoms with Gasteiger partial charge in [0.15, 0.2) is 5.75 Å². The first-order valence-corrected chi connectivity index (χ1v) is 21.9. The van der Waals surface area contributed by atoms with Crippen LogP contribution < -0.4 is 29.4 Å². The lowest BCUT2D eigenvalue weighted by atomic mass is 10.0. The van der Waals surface area contributed by atoms with E-state index < -0.39 is 22.8 Å². The smallest absolute Gasteiger partial charge is 0.350 e. The number of hydrazine groups is 1. The third kappa shape index (κ3) is 11.6. The summed E-state index contributed by atoms with van der Waals surface area (Å²) in [6.45, 7) is 2.96. The van der Waals surface area contributed by atoms with E-state index in [1.807, 2.05) is 6.07 Å². The number of ether oxygens (including phenoxy) is 3. The first-order chi connectivity index (χ1) is 30.6. The van der Waals surface area contributed by atoms with Crippen molar-refractivity contribution in [3.05, 3.63) is 113 Å². The van der Waals surface area contributed by atoms with Gasteiger partial charge < -0.3 is 24.6 Å². The number of non-ortho nitro benzene ring substituents is 1. The van der Waals surface area contributed by atoms with Crippen LogP contribution in [0.1, 0.15) is 101 Å². The summed E-state index contributed by atoms with van der Waals surface area (Å²) >= 11 is 0. The molecule has 0 aromatic heterocycles. The fraction of sp³-hybridized carbons (Fsp3) is 0.367. The molecule has 14 nitrogen and oxygen atoms in total. The third-order valence-corrected chi connectivity index (χ3v) is 11.2. The Morgan fingerprint density at radius 2 is 1.43 bits per heavy atom. The van der Waals surface area contributed by atoms with Gasteiger partial charge in [0.1, 0.15) is 23.0 Å². The number of nitro groups is 1. The normalized spacial score (nSPS) is 12.4. The largest absolute Gasteiger partial charge is 0.506 e. The molecule has 0 saturated carbocycles. The summed E-state index contributed by atoms with van der Waals surface area (Å²) < 4.78 is 17.8. The molecule has 5 aromatic rings. The van der Waals surface area contributed by atoms with Gasteiger partial charge in [0, 0.05) is 42.9 Å². The number of unbranched alkanes of at least 4 members (excludes halogenated alkanes) is 11.